The van der Waals surface area contributed by atoms with Gasteiger partial charge < -0.3 is 9.84 Å². The van der Waals surface area contributed by atoms with Crippen LogP contribution in [-0.4, -0.2) is 31.6 Å². The van der Waals surface area contributed by atoms with E-state index in [0.29, 0.717) is 23.6 Å². The first-order chi connectivity index (χ1) is 15.4. The summed E-state index contributed by atoms with van der Waals surface area (Å²) in [4.78, 5) is 14.5. The number of carbonyl (C=O) groups is 1. The quantitative estimate of drug-likeness (QED) is 0.498. The van der Waals surface area contributed by atoms with Gasteiger partial charge in [-0.25, -0.2) is 22.5 Å². The topological polar surface area (TPSA) is 96.8 Å². The maximum atomic E-state index is 13.4. The predicted molar refractivity (Wildman–Crippen MR) is 114 cm³/mol. The fraction of sp³-hybridized carbons (Fsp3) is 0.143. The van der Waals surface area contributed by atoms with Crippen molar-refractivity contribution in [3.8, 4) is 5.75 Å². The van der Waals surface area contributed by atoms with Crippen molar-refractivity contribution < 1.29 is 36.2 Å². The molecule has 0 unspecified atom stereocenters. The molecule has 0 amide bonds. The minimum atomic E-state index is -4.72. The first-order valence-corrected chi connectivity index (χ1v) is 11.0. The van der Waals surface area contributed by atoms with Gasteiger partial charge in [-0.15, -0.1) is 0 Å². The Morgan fingerprint density at radius 1 is 1.15 bits per heavy atom. The minimum Gasteiger partial charge on any atom is -0.497 e. The van der Waals surface area contributed by atoms with Crippen molar-refractivity contribution in [3.05, 3.63) is 82.5 Å². The fourth-order valence-electron chi connectivity index (χ4n) is 2.88. The number of alkyl halides is 3. The molecule has 3 rings (SSSR count). The normalized spacial score (nSPS) is 11.8. The summed E-state index contributed by atoms with van der Waals surface area (Å²) in [5, 5.41) is 8.52. The van der Waals surface area contributed by atoms with Crippen molar-refractivity contribution in [3.63, 3.8) is 0 Å². The fourth-order valence-corrected chi connectivity index (χ4v) is 4.62. The third kappa shape index (κ3) is 5.37. The highest BCUT2D eigenvalue weighted by Crippen LogP contribution is 2.36. The van der Waals surface area contributed by atoms with Crippen LogP contribution in [0.15, 0.2) is 65.7 Å². The Morgan fingerprint density at radius 3 is 2.36 bits per heavy atom. The van der Waals surface area contributed by atoms with Crippen LogP contribution in [0.3, 0.4) is 0 Å². The number of ether oxygens (including phenoxy) is 1. The van der Waals surface area contributed by atoms with Gasteiger partial charge in [0.2, 0.25) is 0 Å². The average molecular weight is 501 g/mol. The van der Waals surface area contributed by atoms with Crippen LogP contribution < -0.4 is 9.04 Å². The Balaban J connectivity index is 2.13. The standard InChI is InChI=1S/C21H16ClF3N2O5S/c1-32-16-4-2-3-13(9-16)12-27(19-18(22)10-15(11-26-19)21(23,24)25)33(30,31)17-7-5-14(6-8-17)20(28)29/h2-11H,12H2,1H3,(H,28,29). The maximum Gasteiger partial charge on any atom is 0.417 e. The highest BCUT2D eigenvalue weighted by molar-refractivity contribution is 7.92. The predicted octanol–water partition coefficient (Wildman–Crippen LogP) is 4.86. The Morgan fingerprint density at radius 2 is 1.82 bits per heavy atom. The van der Waals surface area contributed by atoms with E-state index in [4.69, 9.17) is 21.4 Å². The monoisotopic (exact) mass is 500 g/mol. The van der Waals surface area contributed by atoms with Gasteiger partial charge in [0.15, 0.2) is 5.82 Å². The number of rotatable bonds is 7. The lowest BCUT2D eigenvalue weighted by Gasteiger charge is -2.25. The van der Waals surface area contributed by atoms with Crippen molar-refractivity contribution in [2.75, 3.05) is 11.4 Å². The van der Waals surface area contributed by atoms with Crippen molar-refractivity contribution >= 4 is 33.4 Å². The zero-order chi connectivity index (χ0) is 24.4. The second-order valence-electron chi connectivity index (χ2n) is 6.72. The number of sulfonamides is 1. The highest BCUT2D eigenvalue weighted by atomic mass is 35.5. The van der Waals surface area contributed by atoms with E-state index in [1.807, 2.05) is 0 Å². The summed E-state index contributed by atoms with van der Waals surface area (Å²) in [6.45, 7) is -0.335. The van der Waals surface area contributed by atoms with Crippen LogP contribution in [0.2, 0.25) is 5.02 Å². The van der Waals surface area contributed by atoms with Crippen LogP contribution in [0.1, 0.15) is 21.5 Å². The SMILES string of the molecule is COc1cccc(CN(c2ncc(C(F)(F)F)cc2Cl)S(=O)(=O)c2ccc(C(=O)O)cc2)c1. The van der Waals surface area contributed by atoms with E-state index in [9.17, 15) is 26.4 Å². The number of anilines is 1. The van der Waals surface area contributed by atoms with Gasteiger partial charge in [0, 0.05) is 6.20 Å². The summed E-state index contributed by atoms with van der Waals surface area (Å²) in [7, 11) is -2.99. The highest BCUT2D eigenvalue weighted by Gasteiger charge is 2.34. The molecular weight excluding hydrogens is 485 g/mol. The molecule has 0 spiro atoms. The zero-order valence-electron chi connectivity index (χ0n) is 16.9. The van der Waals surface area contributed by atoms with E-state index in [2.05, 4.69) is 4.98 Å². The Bertz CT molecular complexity index is 1280. The first-order valence-electron chi connectivity index (χ1n) is 9.15. The Kier molecular flexibility index (Phi) is 6.84. The Labute approximate surface area is 192 Å². The lowest BCUT2D eigenvalue weighted by Crippen LogP contribution is -2.32. The summed E-state index contributed by atoms with van der Waals surface area (Å²) in [6, 6.07) is 11.3. The van der Waals surface area contributed by atoms with Crippen LogP contribution in [0.5, 0.6) is 5.75 Å². The minimum absolute atomic E-state index is 0.140. The largest absolute Gasteiger partial charge is 0.497 e. The van der Waals surface area contributed by atoms with Gasteiger partial charge in [-0.05, 0) is 48.0 Å². The molecule has 0 saturated carbocycles. The van der Waals surface area contributed by atoms with Crippen LogP contribution in [0.25, 0.3) is 0 Å². The van der Waals surface area contributed by atoms with Crippen molar-refractivity contribution in [2.24, 2.45) is 0 Å². The summed E-state index contributed by atoms with van der Waals surface area (Å²) < 4.78 is 71.9. The molecule has 7 nitrogen and oxygen atoms in total. The number of nitrogens with zero attached hydrogens (tertiary/aromatic N) is 2. The number of aromatic nitrogens is 1. The number of carboxylic acids is 1. The number of aromatic carboxylic acids is 1. The summed E-state index contributed by atoms with van der Waals surface area (Å²) in [5.41, 5.74) is -0.836. The number of hydrogen-bond acceptors (Lipinski definition) is 5. The number of carboxylic acid groups (broad SMARTS) is 1. The van der Waals surface area contributed by atoms with Gasteiger partial charge in [0.25, 0.3) is 10.0 Å². The van der Waals surface area contributed by atoms with Gasteiger partial charge in [-0.2, -0.15) is 13.2 Å². The molecule has 0 aliphatic carbocycles. The van der Waals surface area contributed by atoms with Gasteiger partial charge in [-0.1, -0.05) is 23.7 Å². The molecule has 0 saturated heterocycles. The van der Waals surface area contributed by atoms with Gasteiger partial charge in [-0.3, -0.25) is 0 Å². The Hall–Kier alpha value is -3.31. The van der Waals surface area contributed by atoms with E-state index in [1.165, 1.54) is 7.11 Å². The molecule has 0 atom stereocenters. The molecule has 0 fully saturated rings. The average Bonchev–Trinajstić information content (AvgIpc) is 2.77. The van der Waals surface area contributed by atoms with E-state index >= 15 is 0 Å². The third-order valence-corrected chi connectivity index (χ3v) is 6.56. The summed E-state index contributed by atoms with van der Waals surface area (Å²) in [5.74, 6) is -1.24. The number of pyridine rings is 1. The molecule has 0 radical (unpaired) electrons. The van der Waals surface area contributed by atoms with Gasteiger partial charge in [0.05, 0.1) is 34.7 Å². The second kappa shape index (κ2) is 9.28. The third-order valence-electron chi connectivity index (χ3n) is 4.53. The number of methoxy groups -OCH3 is 1. The van der Waals surface area contributed by atoms with E-state index < -0.39 is 38.6 Å². The number of halogens is 4. The maximum absolute atomic E-state index is 13.4. The first kappa shape index (κ1) is 24.3. The van der Waals surface area contributed by atoms with E-state index in [1.54, 1.807) is 24.3 Å². The molecule has 3 aromatic rings. The molecule has 2 aromatic carbocycles. The van der Waals surface area contributed by atoms with E-state index in [-0.39, 0.29) is 17.0 Å². The number of hydrogen-bond donors (Lipinski definition) is 1. The summed E-state index contributed by atoms with van der Waals surface area (Å²) in [6.07, 6.45) is -4.23. The molecule has 1 aromatic heterocycles. The molecule has 12 heteroatoms. The van der Waals surface area contributed by atoms with Crippen LogP contribution >= 0.6 is 11.6 Å². The molecule has 1 N–H and O–H groups in total. The van der Waals surface area contributed by atoms with Crippen molar-refractivity contribution in [1.82, 2.24) is 4.98 Å². The lowest BCUT2D eigenvalue weighted by molar-refractivity contribution is -0.137. The van der Waals surface area contributed by atoms with Crippen LogP contribution in [-0.2, 0) is 22.7 Å². The molecule has 0 aliphatic heterocycles. The lowest BCUT2D eigenvalue weighted by atomic mass is 10.2. The molecule has 0 bridgehead atoms. The van der Waals surface area contributed by atoms with Crippen molar-refractivity contribution in [2.45, 2.75) is 17.6 Å². The van der Waals surface area contributed by atoms with Crippen molar-refractivity contribution in [1.29, 1.82) is 0 Å². The molecule has 174 valence electrons. The molecule has 0 aliphatic rings. The number of benzene rings is 2. The summed E-state index contributed by atoms with van der Waals surface area (Å²) >= 11 is 6.04. The second-order valence-corrected chi connectivity index (χ2v) is 8.99. The van der Waals surface area contributed by atoms with Crippen LogP contribution in [0, 0.1) is 0 Å². The van der Waals surface area contributed by atoms with Crippen LogP contribution in [0.4, 0.5) is 19.0 Å². The molecule has 1 heterocycles. The molecular formula is C21H16ClF3N2O5S. The van der Waals surface area contributed by atoms with Gasteiger partial charge >= 0.3 is 12.1 Å². The molecule has 33 heavy (non-hydrogen) atoms. The van der Waals surface area contributed by atoms with E-state index in [0.717, 1.165) is 28.6 Å². The zero-order valence-corrected chi connectivity index (χ0v) is 18.4. The smallest absolute Gasteiger partial charge is 0.417 e. The van der Waals surface area contributed by atoms with Gasteiger partial charge in [0.1, 0.15) is 5.75 Å².